The summed E-state index contributed by atoms with van der Waals surface area (Å²) in [7, 11) is 0. The Balaban J connectivity index is 2.08. The van der Waals surface area contributed by atoms with Crippen molar-refractivity contribution in [3.05, 3.63) is 70.8 Å². The monoisotopic (exact) mass is 254 g/mol. The Bertz CT molecular complexity index is 539. The van der Waals surface area contributed by atoms with Crippen molar-refractivity contribution in [1.29, 1.82) is 0 Å². The van der Waals surface area contributed by atoms with E-state index < -0.39 is 11.9 Å². The summed E-state index contributed by atoms with van der Waals surface area (Å²) in [5.41, 5.74) is 2.82. The van der Waals surface area contributed by atoms with Gasteiger partial charge in [0.25, 0.3) is 0 Å². The Morgan fingerprint density at radius 3 is 1.32 bits per heavy atom. The fourth-order valence-corrected chi connectivity index (χ4v) is 1.58. The summed E-state index contributed by atoms with van der Waals surface area (Å²) in [6, 6.07) is 13.8. The normalized spacial score (nSPS) is 10.0. The van der Waals surface area contributed by atoms with Crippen LogP contribution in [0.25, 0.3) is 0 Å². The molecule has 0 heterocycles. The summed E-state index contributed by atoms with van der Waals surface area (Å²) in [5.74, 6) is -1.27. The van der Waals surface area contributed by atoms with Crippen LogP contribution in [-0.4, -0.2) is 11.9 Å². The third kappa shape index (κ3) is 3.28. The van der Waals surface area contributed by atoms with E-state index in [1.165, 1.54) is 0 Å². The zero-order chi connectivity index (χ0) is 13.8. The first kappa shape index (κ1) is 13.0. The molecule has 0 bridgehead atoms. The molecule has 0 aliphatic carbocycles. The van der Waals surface area contributed by atoms with Gasteiger partial charge in [0.1, 0.15) is 0 Å². The molecule has 0 saturated carbocycles. The number of hydrogen-bond acceptors (Lipinski definition) is 3. The Labute approximate surface area is 111 Å². The van der Waals surface area contributed by atoms with Crippen LogP contribution >= 0.6 is 0 Å². The molecule has 19 heavy (non-hydrogen) atoms. The topological polar surface area (TPSA) is 43.4 Å². The molecule has 0 saturated heterocycles. The number of carbonyl (C=O) groups excluding carboxylic acids is 2. The van der Waals surface area contributed by atoms with Crippen LogP contribution < -0.4 is 0 Å². The third-order valence-corrected chi connectivity index (χ3v) is 2.76. The number of benzene rings is 2. The molecule has 0 amide bonds. The first-order chi connectivity index (χ1) is 9.06. The molecular weight excluding hydrogens is 240 g/mol. The van der Waals surface area contributed by atoms with Crippen LogP contribution in [0.2, 0.25) is 0 Å². The molecule has 0 unspecified atom stereocenters. The first-order valence-corrected chi connectivity index (χ1v) is 5.96. The van der Waals surface area contributed by atoms with Gasteiger partial charge in [-0.1, -0.05) is 35.4 Å². The summed E-state index contributed by atoms with van der Waals surface area (Å²) in [6.45, 7) is 3.85. The molecule has 0 aliphatic heterocycles. The molecule has 0 fully saturated rings. The lowest BCUT2D eigenvalue weighted by molar-refractivity contribution is 0.0398. The maximum atomic E-state index is 11.8. The maximum absolute atomic E-state index is 11.8. The highest BCUT2D eigenvalue weighted by Crippen LogP contribution is 2.09. The second-order valence-corrected chi connectivity index (χ2v) is 4.41. The van der Waals surface area contributed by atoms with E-state index in [0.29, 0.717) is 11.1 Å². The molecule has 0 aliphatic rings. The van der Waals surface area contributed by atoms with E-state index in [4.69, 9.17) is 4.74 Å². The van der Waals surface area contributed by atoms with Gasteiger partial charge in [0, 0.05) is 0 Å². The lowest BCUT2D eigenvalue weighted by Gasteiger charge is -2.03. The van der Waals surface area contributed by atoms with Crippen LogP contribution in [0.15, 0.2) is 48.5 Å². The zero-order valence-corrected chi connectivity index (χ0v) is 10.8. The van der Waals surface area contributed by atoms with Crippen molar-refractivity contribution in [3.8, 4) is 0 Å². The first-order valence-electron chi connectivity index (χ1n) is 5.96. The van der Waals surface area contributed by atoms with Gasteiger partial charge in [0.15, 0.2) is 0 Å². The number of aryl methyl sites for hydroxylation is 2. The second-order valence-electron chi connectivity index (χ2n) is 4.41. The third-order valence-electron chi connectivity index (χ3n) is 2.76. The molecule has 0 atom stereocenters. The standard InChI is InChI=1S/C16H14O3/c1-11-3-7-13(8-4-11)15(17)19-16(18)14-9-5-12(2)6-10-14/h3-10H,1-2H3. The second kappa shape index (κ2) is 5.48. The van der Waals surface area contributed by atoms with Crippen LogP contribution in [0.4, 0.5) is 0 Å². The maximum Gasteiger partial charge on any atom is 0.346 e. The summed E-state index contributed by atoms with van der Waals surface area (Å²) in [4.78, 5) is 23.5. The van der Waals surface area contributed by atoms with Crippen LogP contribution in [0.5, 0.6) is 0 Å². The molecule has 2 rings (SSSR count). The predicted molar refractivity (Wildman–Crippen MR) is 72.1 cm³/mol. The van der Waals surface area contributed by atoms with Gasteiger partial charge in [0.05, 0.1) is 11.1 Å². The molecule has 0 spiro atoms. The molecule has 2 aromatic rings. The fraction of sp³-hybridized carbons (Fsp3) is 0.125. The minimum atomic E-state index is -0.634. The summed E-state index contributed by atoms with van der Waals surface area (Å²) >= 11 is 0. The summed E-state index contributed by atoms with van der Waals surface area (Å²) < 4.78 is 4.82. The number of esters is 2. The van der Waals surface area contributed by atoms with Gasteiger partial charge >= 0.3 is 11.9 Å². The molecule has 3 nitrogen and oxygen atoms in total. The fourth-order valence-electron chi connectivity index (χ4n) is 1.58. The van der Waals surface area contributed by atoms with Crippen molar-refractivity contribution in [1.82, 2.24) is 0 Å². The highest BCUT2D eigenvalue weighted by molar-refractivity contribution is 6.02. The Morgan fingerprint density at radius 1 is 0.684 bits per heavy atom. The SMILES string of the molecule is Cc1ccc(C(=O)OC(=O)c2ccc(C)cc2)cc1. The van der Waals surface area contributed by atoms with E-state index in [1.807, 2.05) is 13.8 Å². The van der Waals surface area contributed by atoms with Crippen LogP contribution in [0.3, 0.4) is 0 Å². The lowest BCUT2D eigenvalue weighted by atomic mass is 10.1. The Hall–Kier alpha value is -2.42. The minimum absolute atomic E-state index is 0.367. The van der Waals surface area contributed by atoms with Crippen molar-refractivity contribution in [2.24, 2.45) is 0 Å². The van der Waals surface area contributed by atoms with Gasteiger partial charge in [-0.25, -0.2) is 9.59 Å². The van der Waals surface area contributed by atoms with Crippen LogP contribution in [0, 0.1) is 13.8 Å². The van der Waals surface area contributed by atoms with Gasteiger partial charge in [-0.3, -0.25) is 0 Å². The lowest BCUT2D eigenvalue weighted by Crippen LogP contribution is -2.12. The van der Waals surface area contributed by atoms with E-state index in [0.717, 1.165) is 11.1 Å². The smallest absolute Gasteiger partial charge is 0.346 e. The van der Waals surface area contributed by atoms with Crippen molar-refractivity contribution < 1.29 is 14.3 Å². The number of hydrogen-bond donors (Lipinski definition) is 0. The molecule has 0 aromatic heterocycles. The van der Waals surface area contributed by atoms with E-state index >= 15 is 0 Å². The van der Waals surface area contributed by atoms with E-state index in [9.17, 15) is 9.59 Å². The quantitative estimate of drug-likeness (QED) is 0.610. The van der Waals surface area contributed by atoms with E-state index in [-0.39, 0.29) is 0 Å². The highest BCUT2D eigenvalue weighted by atomic mass is 16.6. The van der Waals surface area contributed by atoms with Crippen LogP contribution in [-0.2, 0) is 4.74 Å². The van der Waals surface area contributed by atoms with Crippen molar-refractivity contribution in [2.45, 2.75) is 13.8 Å². The molecule has 0 N–H and O–H groups in total. The van der Waals surface area contributed by atoms with Gasteiger partial charge in [-0.15, -0.1) is 0 Å². The largest absolute Gasteiger partial charge is 0.386 e. The number of ether oxygens (including phenoxy) is 1. The number of carbonyl (C=O) groups is 2. The minimum Gasteiger partial charge on any atom is -0.386 e. The summed E-state index contributed by atoms with van der Waals surface area (Å²) in [6.07, 6.45) is 0. The zero-order valence-electron chi connectivity index (χ0n) is 10.8. The van der Waals surface area contributed by atoms with Gasteiger partial charge in [0.2, 0.25) is 0 Å². The van der Waals surface area contributed by atoms with Crippen LogP contribution in [0.1, 0.15) is 31.8 Å². The number of rotatable bonds is 2. The molecule has 3 heteroatoms. The van der Waals surface area contributed by atoms with Crippen molar-refractivity contribution in [3.63, 3.8) is 0 Å². The average molecular weight is 254 g/mol. The van der Waals surface area contributed by atoms with E-state index in [2.05, 4.69) is 0 Å². The van der Waals surface area contributed by atoms with Crippen molar-refractivity contribution >= 4 is 11.9 Å². The van der Waals surface area contributed by atoms with Gasteiger partial charge < -0.3 is 4.74 Å². The van der Waals surface area contributed by atoms with Crippen molar-refractivity contribution in [2.75, 3.05) is 0 Å². The molecule has 96 valence electrons. The molecule has 2 aromatic carbocycles. The average Bonchev–Trinajstić information content (AvgIpc) is 2.40. The van der Waals surface area contributed by atoms with E-state index in [1.54, 1.807) is 48.5 Å². The molecular formula is C16H14O3. The Kier molecular flexibility index (Phi) is 3.76. The highest BCUT2D eigenvalue weighted by Gasteiger charge is 2.14. The summed E-state index contributed by atoms with van der Waals surface area (Å²) in [5, 5.41) is 0. The van der Waals surface area contributed by atoms with Gasteiger partial charge in [-0.2, -0.15) is 0 Å². The predicted octanol–water partition coefficient (Wildman–Crippen LogP) is 3.30. The van der Waals surface area contributed by atoms with Gasteiger partial charge in [-0.05, 0) is 38.1 Å². The molecule has 0 radical (unpaired) electrons. The Morgan fingerprint density at radius 2 is 1.00 bits per heavy atom.